The van der Waals surface area contributed by atoms with Crippen LogP contribution in [0, 0.1) is 4.64 Å². The fourth-order valence-corrected chi connectivity index (χ4v) is 4.43. The third kappa shape index (κ3) is 1.68. The number of nitrogens with zero attached hydrogens (tertiary/aromatic N) is 1. The van der Waals surface area contributed by atoms with E-state index >= 15 is 0 Å². The van der Waals surface area contributed by atoms with Gasteiger partial charge in [0.25, 0.3) is 0 Å². The number of aryl methyl sites for hydroxylation is 1. The first-order valence-corrected chi connectivity index (χ1v) is 6.91. The number of halogens is 2. The molecule has 2 rings (SSSR count). The summed E-state index contributed by atoms with van der Waals surface area (Å²) in [6.45, 7) is 3.05. The maximum atomic E-state index is 5.95. The summed E-state index contributed by atoms with van der Waals surface area (Å²) < 4.78 is 4.33. The normalized spacial score (nSPS) is 11.1. The molecule has 0 spiro atoms. The van der Waals surface area contributed by atoms with Gasteiger partial charge in [0.2, 0.25) is 0 Å². The van der Waals surface area contributed by atoms with Crippen molar-refractivity contribution in [2.24, 2.45) is 0 Å². The molecule has 0 fully saturated rings. The first-order valence-electron chi connectivity index (χ1n) is 4.12. The summed E-state index contributed by atoms with van der Waals surface area (Å²) >= 11 is 17.5. The van der Waals surface area contributed by atoms with Gasteiger partial charge in [-0.15, -0.1) is 0 Å². The third-order valence-electron chi connectivity index (χ3n) is 1.98. The Labute approximate surface area is 103 Å². The second-order valence-electron chi connectivity index (χ2n) is 2.85. The SMILES string of the molecule is CCn1[se]c2cc(Cl)c(Cl)cc2c1=S. The first-order chi connectivity index (χ1) is 6.63. The van der Waals surface area contributed by atoms with Crippen molar-refractivity contribution in [2.45, 2.75) is 13.5 Å². The Balaban J connectivity index is 2.87. The number of rotatable bonds is 1. The molecule has 0 amide bonds. The standard InChI is InChI=1S/C9H7Cl2NSSe/c1-2-12-9(13)5-3-6(10)7(11)4-8(5)14-12/h3-4H,2H2,1H3. The van der Waals surface area contributed by atoms with E-state index in [-0.39, 0.29) is 14.7 Å². The van der Waals surface area contributed by atoms with E-state index < -0.39 is 0 Å². The van der Waals surface area contributed by atoms with Crippen LogP contribution in [0.4, 0.5) is 0 Å². The van der Waals surface area contributed by atoms with Gasteiger partial charge < -0.3 is 0 Å². The van der Waals surface area contributed by atoms with E-state index in [4.69, 9.17) is 35.4 Å². The average Bonchev–Trinajstić information content (AvgIpc) is 2.45. The summed E-state index contributed by atoms with van der Waals surface area (Å²) in [4.78, 5) is 0. The Kier molecular flexibility index (Phi) is 3.06. The Bertz CT molecular complexity index is 543. The summed E-state index contributed by atoms with van der Waals surface area (Å²) in [6.07, 6.45) is 0. The number of hydrogen-bond acceptors (Lipinski definition) is 1. The van der Waals surface area contributed by atoms with Crippen molar-refractivity contribution in [1.29, 1.82) is 0 Å². The molecule has 0 aliphatic heterocycles. The molecule has 1 heterocycles. The van der Waals surface area contributed by atoms with Gasteiger partial charge in [-0.2, -0.15) is 0 Å². The van der Waals surface area contributed by atoms with Crippen molar-refractivity contribution in [3.05, 3.63) is 26.8 Å². The van der Waals surface area contributed by atoms with Gasteiger partial charge in [-0.3, -0.25) is 0 Å². The van der Waals surface area contributed by atoms with E-state index in [9.17, 15) is 0 Å². The van der Waals surface area contributed by atoms with Crippen LogP contribution in [0.3, 0.4) is 0 Å². The van der Waals surface area contributed by atoms with Gasteiger partial charge in [0, 0.05) is 0 Å². The zero-order chi connectivity index (χ0) is 10.3. The van der Waals surface area contributed by atoms with Gasteiger partial charge in [-0.25, -0.2) is 0 Å². The first kappa shape index (κ1) is 10.7. The van der Waals surface area contributed by atoms with Crippen molar-refractivity contribution in [2.75, 3.05) is 0 Å². The molecule has 0 radical (unpaired) electrons. The summed E-state index contributed by atoms with van der Waals surface area (Å²) in [5, 5.41) is 2.28. The summed E-state index contributed by atoms with van der Waals surface area (Å²) in [7, 11) is 0. The Morgan fingerprint density at radius 2 is 2.00 bits per heavy atom. The topological polar surface area (TPSA) is 4.93 Å². The van der Waals surface area contributed by atoms with Crippen LogP contribution in [0.15, 0.2) is 12.1 Å². The number of aromatic nitrogens is 1. The van der Waals surface area contributed by atoms with Crippen LogP contribution >= 0.6 is 35.4 Å². The molecule has 0 atom stereocenters. The van der Waals surface area contributed by atoms with E-state index in [0.717, 1.165) is 16.6 Å². The van der Waals surface area contributed by atoms with Crippen LogP contribution in [0.5, 0.6) is 0 Å². The maximum absolute atomic E-state index is 5.95. The van der Waals surface area contributed by atoms with Crippen LogP contribution < -0.4 is 0 Å². The summed E-state index contributed by atoms with van der Waals surface area (Å²) in [5.41, 5.74) is 0. The molecule has 5 heteroatoms. The fraction of sp³-hybridized carbons (Fsp3) is 0.222. The van der Waals surface area contributed by atoms with Crippen LogP contribution in [-0.4, -0.2) is 18.3 Å². The van der Waals surface area contributed by atoms with Gasteiger partial charge in [0.15, 0.2) is 0 Å². The molecule has 0 unspecified atom stereocenters. The molecule has 0 saturated heterocycles. The van der Waals surface area contributed by atoms with Crippen molar-refractivity contribution in [3.63, 3.8) is 0 Å². The van der Waals surface area contributed by atoms with E-state index in [0.29, 0.717) is 10.0 Å². The molecule has 14 heavy (non-hydrogen) atoms. The third-order valence-corrected chi connectivity index (χ3v) is 5.91. The average molecular weight is 311 g/mol. The fourth-order valence-electron chi connectivity index (χ4n) is 1.27. The van der Waals surface area contributed by atoms with Crippen LogP contribution in [0.1, 0.15) is 6.92 Å². The molecule has 0 aliphatic rings. The van der Waals surface area contributed by atoms with E-state index in [2.05, 4.69) is 10.5 Å². The second kappa shape index (κ2) is 3.99. The number of hydrogen-bond donors (Lipinski definition) is 0. The number of fused-ring (bicyclic) bond motifs is 1. The van der Waals surface area contributed by atoms with Crippen molar-refractivity contribution in [1.82, 2.24) is 3.56 Å². The predicted octanol–water partition coefficient (Wildman–Crippen LogP) is 3.75. The predicted molar refractivity (Wildman–Crippen MR) is 65.4 cm³/mol. The zero-order valence-electron chi connectivity index (χ0n) is 7.38. The molecule has 1 aromatic carbocycles. The van der Waals surface area contributed by atoms with Crippen LogP contribution in [0.25, 0.3) is 9.65 Å². The number of benzene rings is 1. The molecular formula is C9H7Cl2NSSe. The van der Waals surface area contributed by atoms with Crippen LogP contribution in [0.2, 0.25) is 10.0 Å². The Hall–Kier alpha value is 0.209. The Morgan fingerprint density at radius 1 is 1.36 bits per heavy atom. The molecule has 2 aromatic rings. The molecule has 0 N–H and O–H groups in total. The minimum atomic E-state index is 0.273. The quantitative estimate of drug-likeness (QED) is 0.573. The summed E-state index contributed by atoms with van der Waals surface area (Å²) in [6, 6.07) is 3.81. The second-order valence-corrected chi connectivity index (χ2v) is 6.29. The molecule has 0 bridgehead atoms. The van der Waals surface area contributed by atoms with Gasteiger partial charge in [0.05, 0.1) is 0 Å². The molecule has 1 nitrogen and oxygen atoms in total. The molecule has 1 aromatic heterocycles. The Morgan fingerprint density at radius 3 is 2.64 bits per heavy atom. The van der Waals surface area contributed by atoms with Crippen molar-refractivity contribution in [3.8, 4) is 0 Å². The molecule has 0 aliphatic carbocycles. The van der Waals surface area contributed by atoms with E-state index in [1.165, 1.54) is 4.26 Å². The van der Waals surface area contributed by atoms with Gasteiger partial charge in [-0.1, -0.05) is 0 Å². The van der Waals surface area contributed by atoms with E-state index in [1.807, 2.05) is 12.1 Å². The van der Waals surface area contributed by atoms with Gasteiger partial charge >= 0.3 is 104 Å². The monoisotopic (exact) mass is 311 g/mol. The molecular weight excluding hydrogens is 304 g/mol. The zero-order valence-corrected chi connectivity index (χ0v) is 11.4. The van der Waals surface area contributed by atoms with E-state index in [1.54, 1.807) is 0 Å². The van der Waals surface area contributed by atoms with Crippen molar-refractivity contribution < 1.29 is 0 Å². The molecule has 74 valence electrons. The molecule has 0 saturated carbocycles. The van der Waals surface area contributed by atoms with Gasteiger partial charge in [-0.05, 0) is 0 Å². The van der Waals surface area contributed by atoms with Gasteiger partial charge in [0.1, 0.15) is 0 Å². The van der Waals surface area contributed by atoms with Crippen LogP contribution in [-0.2, 0) is 6.54 Å². The summed E-state index contributed by atoms with van der Waals surface area (Å²) in [5.74, 6) is 0. The minimum absolute atomic E-state index is 0.273. The van der Waals surface area contributed by atoms with Crippen molar-refractivity contribution >= 4 is 59.8 Å².